The van der Waals surface area contributed by atoms with Crippen molar-refractivity contribution in [2.45, 2.75) is 51.2 Å². The third-order valence-electron chi connectivity index (χ3n) is 4.60. The van der Waals surface area contributed by atoms with Crippen molar-refractivity contribution in [2.24, 2.45) is 5.92 Å². The summed E-state index contributed by atoms with van der Waals surface area (Å²) < 4.78 is 1.32. The van der Waals surface area contributed by atoms with Crippen LogP contribution in [0.15, 0.2) is 12.4 Å². The fourth-order valence-electron chi connectivity index (χ4n) is 3.11. The zero-order valence-corrected chi connectivity index (χ0v) is 13.8. The molecule has 1 heterocycles. The zero-order chi connectivity index (χ0) is 17.2. The number of hydrogen-bond acceptors (Lipinski definition) is 5. The van der Waals surface area contributed by atoms with Crippen molar-refractivity contribution in [3.63, 3.8) is 0 Å². The van der Waals surface area contributed by atoms with E-state index in [0.717, 1.165) is 31.9 Å². The average molecular weight is 324 g/mol. The Balaban J connectivity index is 2.08. The van der Waals surface area contributed by atoms with E-state index in [2.05, 4.69) is 5.10 Å². The maximum atomic E-state index is 12.7. The van der Waals surface area contributed by atoms with Gasteiger partial charge in [-0.05, 0) is 26.7 Å². The van der Waals surface area contributed by atoms with Gasteiger partial charge in [-0.3, -0.25) is 19.6 Å². The average Bonchev–Trinajstić information content (AvgIpc) is 2.99. The third kappa shape index (κ3) is 3.69. The Hall–Kier alpha value is -1.96. The molecule has 1 aromatic heterocycles. The van der Waals surface area contributed by atoms with E-state index in [1.807, 2.05) is 0 Å². The van der Waals surface area contributed by atoms with Crippen LogP contribution in [-0.4, -0.2) is 50.3 Å². The van der Waals surface area contributed by atoms with Crippen LogP contribution in [-0.2, 0) is 10.3 Å². The SMILES string of the molecule is CN(CC1CCCCC1O)C(=O)C(C)(C)n1cc([N+](=O)[O-])cn1. The molecule has 8 heteroatoms. The third-order valence-corrected chi connectivity index (χ3v) is 4.60. The molecule has 0 aromatic carbocycles. The van der Waals surface area contributed by atoms with E-state index in [1.54, 1.807) is 25.8 Å². The quantitative estimate of drug-likeness (QED) is 0.654. The van der Waals surface area contributed by atoms with E-state index >= 15 is 0 Å². The number of aliphatic hydroxyl groups is 1. The lowest BCUT2D eigenvalue weighted by Gasteiger charge is -2.34. The first kappa shape index (κ1) is 17.4. The molecule has 1 amide bonds. The number of likely N-dealkylation sites (N-methyl/N-ethyl adjacent to an activating group) is 1. The molecule has 1 fully saturated rings. The smallest absolute Gasteiger partial charge is 0.307 e. The molecule has 1 aliphatic rings. The summed E-state index contributed by atoms with van der Waals surface area (Å²) in [6.45, 7) is 3.84. The van der Waals surface area contributed by atoms with Gasteiger partial charge < -0.3 is 10.0 Å². The first-order valence-electron chi connectivity index (χ1n) is 7.86. The van der Waals surface area contributed by atoms with Crippen LogP contribution >= 0.6 is 0 Å². The maximum Gasteiger partial charge on any atom is 0.307 e. The van der Waals surface area contributed by atoms with Gasteiger partial charge in [-0.2, -0.15) is 5.10 Å². The van der Waals surface area contributed by atoms with Crippen molar-refractivity contribution >= 4 is 11.6 Å². The minimum atomic E-state index is -1.03. The molecule has 1 aliphatic carbocycles. The summed E-state index contributed by atoms with van der Waals surface area (Å²) in [5, 5.41) is 24.8. The second kappa shape index (κ2) is 6.66. The number of amides is 1. The van der Waals surface area contributed by atoms with Crippen molar-refractivity contribution in [3.8, 4) is 0 Å². The second-order valence-corrected chi connectivity index (χ2v) is 6.76. The lowest BCUT2D eigenvalue weighted by Crippen LogP contribution is -2.48. The predicted molar refractivity (Wildman–Crippen MR) is 83.8 cm³/mol. The van der Waals surface area contributed by atoms with Crippen LogP contribution in [0.1, 0.15) is 39.5 Å². The minimum Gasteiger partial charge on any atom is -0.393 e. The molecule has 0 spiro atoms. The number of carbonyl (C=O) groups is 1. The van der Waals surface area contributed by atoms with E-state index in [0.29, 0.717) is 6.54 Å². The van der Waals surface area contributed by atoms with Crippen molar-refractivity contribution in [2.75, 3.05) is 13.6 Å². The monoisotopic (exact) mass is 324 g/mol. The highest BCUT2D eigenvalue weighted by Crippen LogP contribution is 2.26. The van der Waals surface area contributed by atoms with Gasteiger partial charge in [0.1, 0.15) is 17.9 Å². The van der Waals surface area contributed by atoms with E-state index in [9.17, 15) is 20.0 Å². The molecule has 23 heavy (non-hydrogen) atoms. The van der Waals surface area contributed by atoms with Gasteiger partial charge in [-0.1, -0.05) is 12.8 Å². The van der Waals surface area contributed by atoms with E-state index in [-0.39, 0.29) is 23.6 Å². The maximum absolute atomic E-state index is 12.7. The van der Waals surface area contributed by atoms with Crippen molar-refractivity contribution < 1.29 is 14.8 Å². The molecule has 1 aromatic rings. The molecular weight excluding hydrogens is 300 g/mol. The fourth-order valence-corrected chi connectivity index (χ4v) is 3.11. The Morgan fingerprint density at radius 3 is 2.74 bits per heavy atom. The number of aliphatic hydroxyl groups excluding tert-OH is 1. The van der Waals surface area contributed by atoms with Crippen LogP contribution in [0.25, 0.3) is 0 Å². The van der Waals surface area contributed by atoms with Crippen LogP contribution in [0, 0.1) is 16.0 Å². The molecular formula is C15H24N4O4. The number of nitrogens with zero attached hydrogens (tertiary/aromatic N) is 4. The van der Waals surface area contributed by atoms with E-state index < -0.39 is 10.5 Å². The van der Waals surface area contributed by atoms with Crippen LogP contribution < -0.4 is 0 Å². The molecule has 2 unspecified atom stereocenters. The van der Waals surface area contributed by atoms with Gasteiger partial charge in [0.25, 0.3) is 0 Å². The standard InChI is InChI=1S/C15H24N4O4/c1-15(2,18-10-12(8-16-18)19(22)23)14(21)17(3)9-11-6-4-5-7-13(11)20/h8,10-11,13,20H,4-7,9H2,1-3H3. The van der Waals surface area contributed by atoms with E-state index in [4.69, 9.17) is 0 Å². The van der Waals surface area contributed by atoms with Crippen LogP contribution in [0.2, 0.25) is 0 Å². The minimum absolute atomic E-state index is 0.0838. The molecule has 8 nitrogen and oxygen atoms in total. The Labute approximate surface area is 135 Å². The van der Waals surface area contributed by atoms with Gasteiger partial charge in [-0.15, -0.1) is 0 Å². The first-order chi connectivity index (χ1) is 10.7. The number of carbonyl (C=O) groups excluding carboxylic acids is 1. The molecule has 2 atom stereocenters. The first-order valence-corrected chi connectivity index (χ1v) is 7.86. The lowest BCUT2D eigenvalue weighted by molar-refractivity contribution is -0.385. The van der Waals surface area contributed by atoms with E-state index in [1.165, 1.54) is 10.9 Å². The van der Waals surface area contributed by atoms with Crippen LogP contribution in [0.3, 0.4) is 0 Å². The Morgan fingerprint density at radius 1 is 1.52 bits per heavy atom. The van der Waals surface area contributed by atoms with Crippen molar-refractivity contribution in [3.05, 3.63) is 22.5 Å². The van der Waals surface area contributed by atoms with Crippen molar-refractivity contribution in [1.29, 1.82) is 0 Å². The number of aromatic nitrogens is 2. The summed E-state index contributed by atoms with van der Waals surface area (Å²) >= 11 is 0. The summed E-state index contributed by atoms with van der Waals surface area (Å²) in [5.74, 6) is -0.103. The molecule has 0 aliphatic heterocycles. The lowest BCUT2D eigenvalue weighted by atomic mass is 9.86. The normalized spacial score (nSPS) is 21.9. The predicted octanol–water partition coefficient (Wildman–Crippen LogP) is 1.54. The second-order valence-electron chi connectivity index (χ2n) is 6.76. The molecule has 0 saturated heterocycles. The summed E-state index contributed by atoms with van der Waals surface area (Å²) in [7, 11) is 1.70. The summed E-state index contributed by atoms with van der Waals surface area (Å²) in [6, 6.07) is 0. The van der Waals surface area contributed by atoms with Crippen LogP contribution in [0.5, 0.6) is 0 Å². The summed E-state index contributed by atoms with van der Waals surface area (Å²) in [6.07, 6.45) is 5.82. The van der Waals surface area contributed by atoms with Gasteiger partial charge >= 0.3 is 5.69 Å². The highest BCUT2D eigenvalue weighted by molar-refractivity contribution is 5.83. The van der Waals surface area contributed by atoms with Gasteiger partial charge in [0.05, 0.1) is 11.0 Å². The molecule has 1 N–H and O–H groups in total. The molecule has 1 saturated carbocycles. The number of nitro groups is 1. The largest absolute Gasteiger partial charge is 0.393 e. The van der Waals surface area contributed by atoms with Gasteiger partial charge in [-0.25, -0.2) is 0 Å². The van der Waals surface area contributed by atoms with Crippen molar-refractivity contribution in [1.82, 2.24) is 14.7 Å². The Kier molecular flexibility index (Phi) is 5.03. The molecule has 2 rings (SSSR count). The van der Waals surface area contributed by atoms with Gasteiger partial charge in [0.15, 0.2) is 0 Å². The highest BCUT2D eigenvalue weighted by atomic mass is 16.6. The summed E-state index contributed by atoms with van der Waals surface area (Å²) in [5.41, 5.74) is -1.17. The number of hydrogen-bond donors (Lipinski definition) is 1. The molecule has 128 valence electrons. The summed E-state index contributed by atoms with van der Waals surface area (Å²) in [4.78, 5) is 24.6. The zero-order valence-electron chi connectivity index (χ0n) is 13.8. The molecule has 0 radical (unpaired) electrons. The molecule has 0 bridgehead atoms. The van der Waals surface area contributed by atoms with Gasteiger partial charge in [0.2, 0.25) is 5.91 Å². The Morgan fingerprint density at radius 2 is 2.17 bits per heavy atom. The Bertz CT molecular complexity index is 584. The topological polar surface area (TPSA) is 102 Å². The fraction of sp³-hybridized carbons (Fsp3) is 0.733. The highest BCUT2D eigenvalue weighted by Gasteiger charge is 2.36. The van der Waals surface area contributed by atoms with Crippen LogP contribution in [0.4, 0.5) is 5.69 Å². The van der Waals surface area contributed by atoms with Gasteiger partial charge in [0, 0.05) is 19.5 Å². The number of rotatable bonds is 5.